The minimum atomic E-state index is -0.345. The molecule has 11 heteroatoms. The van der Waals surface area contributed by atoms with Crippen molar-refractivity contribution in [3.63, 3.8) is 0 Å². The molecule has 1 amide bonds. The number of benzene rings is 2. The summed E-state index contributed by atoms with van der Waals surface area (Å²) in [6.45, 7) is 10.8. The molecule has 0 saturated carbocycles. The highest BCUT2D eigenvalue weighted by molar-refractivity contribution is 6.50. The van der Waals surface area contributed by atoms with Crippen molar-refractivity contribution in [1.29, 1.82) is 0 Å². The van der Waals surface area contributed by atoms with Gasteiger partial charge in [0.15, 0.2) is 5.84 Å². The fraction of sp³-hybridized carbons (Fsp3) is 0.323. The van der Waals surface area contributed by atoms with Crippen LogP contribution in [0.25, 0.3) is 5.70 Å². The summed E-state index contributed by atoms with van der Waals surface area (Å²) in [6.07, 6.45) is 5.14. The number of anilines is 2. The SMILES string of the molecule is C=CC(=O)Nc1cccc(C/N=C2/C(=C)C=C(c3c(Cl)c(OC)cc(OC)c3Cl)N=C2NCC2CCN(C)CC2)c1N. The van der Waals surface area contributed by atoms with E-state index in [9.17, 15) is 4.79 Å². The van der Waals surface area contributed by atoms with E-state index in [1.807, 2.05) is 12.1 Å². The molecule has 0 radical (unpaired) electrons. The number of amidine groups is 1. The van der Waals surface area contributed by atoms with E-state index < -0.39 is 0 Å². The number of nitrogen functional groups attached to an aromatic ring is 1. The summed E-state index contributed by atoms with van der Waals surface area (Å²) in [6, 6.07) is 7.04. The molecule has 2 aromatic carbocycles. The van der Waals surface area contributed by atoms with Crippen LogP contribution in [-0.2, 0) is 11.3 Å². The summed E-state index contributed by atoms with van der Waals surface area (Å²) >= 11 is 13.5. The monoisotopic (exact) mass is 610 g/mol. The van der Waals surface area contributed by atoms with Crippen molar-refractivity contribution in [2.45, 2.75) is 19.4 Å². The molecule has 2 heterocycles. The molecular formula is C31H36Cl2N6O3. The van der Waals surface area contributed by atoms with Gasteiger partial charge in [-0.25, -0.2) is 4.99 Å². The molecule has 0 aromatic heterocycles. The topological polar surface area (TPSA) is 114 Å². The zero-order valence-corrected chi connectivity index (χ0v) is 25.6. The van der Waals surface area contributed by atoms with Gasteiger partial charge in [-0.15, -0.1) is 0 Å². The molecule has 2 aromatic rings. The van der Waals surface area contributed by atoms with E-state index in [2.05, 4.69) is 35.7 Å². The van der Waals surface area contributed by atoms with Gasteiger partial charge in [-0.05, 0) is 68.3 Å². The second-order valence-electron chi connectivity index (χ2n) is 10.2. The molecule has 42 heavy (non-hydrogen) atoms. The van der Waals surface area contributed by atoms with Gasteiger partial charge in [-0.3, -0.25) is 9.79 Å². The van der Waals surface area contributed by atoms with Gasteiger partial charge in [-0.1, -0.05) is 48.5 Å². The zero-order valence-electron chi connectivity index (χ0n) is 24.1. The first kappa shape index (κ1) is 31.2. The summed E-state index contributed by atoms with van der Waals surface area (Å²) in [4.78, 5) is 24.0. The lowest BCUT2D eigenvalue weighted by Crippen LogP contribution is -2.40. The number of para-hydroxylation sites is 1. The first-order valence-electron chi connectivity index (χ1n) is 13.5. The maximum atomic E-state index is 11.8. The molecule has 0 atom stereocenters. The lowest BCUT2D eigenvalue weighted by Gasteiger charge is -2.30. The van der Waals surface area contributed by atoms with Crippen LogP contribution in [0.3, 0.4) is 0 Å². The Hall–Kier alpha value is -3.79. The van der Waals surface area contributed by atoms with Gasteiger partial charge in [-0.2, -0.15) is 0 Å². The summed E-state index contributed by atoms with van der Waals surface area (Å²) in [5, 5.41) is 6.88. The number of nitrogens with one attached hydrogen (secondary N) is 2. The van der Waals surface area contributed by atoms with Crippen LogP contribution in [0.15, 0.2) is 65.1 Å². The summed E-state index contributed by atoms with van der Waals surface area (Å²) in [5.74, 6) is 1.52. The quantitative estimate of drug-likeness (QED) is 0.252. The Morgan fingerprint density at radius 2 is 1.88 bits per heavy atom. The Kier molecular flexibility index (Phi) is 10.3. The summed E-state index contributed by atoms with van der Waals surface area (Å²) in [7, 11) is 5.19. The Balaban J connectivity index is 1.71. The third kappa shape index (κ3) is 6.98. The lowest BCUT2D eigenvalue weighted by atomic mass is 9.96. The third-order valence-electron chi connectivity index (χ3n) is 7.34. The number of carbonyl (C=O) groups excluding carboxylic acids is 1. The fourth-order valence-electron chi connectivity index (χ4n) is 4.84. The van der Waals surface area contributed by atoms with Crippen LogP contribution < -0.4 is 25.8 Å². The third-order valence-corrected chi connectivity index (χ3v) is 8.10. The first-order valence-corrected chi connectivity index (χ1v) is 14.3. The van der Waals surface area contributed by atoms with Gasteiger partial charge in [0, 0.05) is 18.2 Å². The van der Waals surface area contributed by atoms with Crippen LogP contribution in [0.4, 0.5) is 11.4 Å². The van der Waals surface area contributed by atoms with Crippen molar-refractivity contribution in [2.75, 3.05) is 52.0 Å². The highest BCUT2D eigenvalue weighted by Crippen LogP contribution is 2.45. The maximum Gasteiger partial charge on any atom is 0.247 e. The number of halogens is 2. The molecule has 0 bridgehead atoms. The summed E-state index contributed by atoms with van der Waals surface area (Å²) < 4.78 is 10.9. The summed E-state index contributed by atoms with van der Waals surface area (Å²) in [5.41, 5.74) is 10.2. The molecule has 2 aliphatic heterocycles. The smallest absolute Gasteiger partial charge is 0.247 e. The lowest BCUT2D eigenvalue weighted by molar-refractivity contribution is -0.111. The van der Waals surface area contributed by atoms with E-state index in [0.717, 1.165) is 38.0 Å². The minimum Gasteiger partial charge on any atom is -0.495 e. The second-order valence-corrected chi connectivity index (χ2v) is 10.9. The molecule has 0 unspecified atom stereocenters. The number of hydrogen-bond acceptors (Lipinski definition) is 8. The predicted octanol–water partition coefficient (Wildman–Crippen LogP) is 5.60. The van der Waals surface area contributed by atoms with E-state index in [4.69, 9.17) is 48.4 Å². The van der Waals surface area contributed by atoms with Crippen LogP contribution in [0.1, 0.15) is 24.0 Å². The fourth-order valence-corrected chi connectivity index (χ4v) is 5.54. The van der Waals surface area contributed by atoms with Crippen molar-refractivity contribution in [3.8, 4) is 11.5 Å². The molecule has 222 valence electrons. The van der Waals surface area contributed by atoms with Crippen molar-refractivity contribution < 1.29 is 14.3 Å². The number of allylic oxidation sites excluding steroid dienone is 1. The second kappa shape index (κ2) is 13.9. The van der Waals surface area contributed by atoms with Gasteiger partial charge in [0.1, 0.15) is 17.2 Å². The standard InChI is InChI=1S/C31H36Cl2N6O3/c1-6-25(40)37-21-9-7-8-20(29(21)34)17-35-30-18(2)14-22(26-27(32)23(41-4)15-24(42-5)28(26)33)38-31(30)36-16-19-10-12-39(3)13-11-19/h6-9,14-15,19H,1-2,10-13,16-17,34H2,3-5H3,(H,36,38)(H,37,40)/b35-30-. The largest absolute Gasteiger partial charge is 0.495 e. The Bertz CT molecular complexity index is 1450. The number of likely N-dealkylation sites (tertiary alicyclic amines) is 1. The average molecular weight is 612 g/mol. The Morgan fingerprint density at radius 1 is 1.21 bits per heavy atom. The molecule has 0 spiro atoms. The number of nitrogens with two attached hydrogens (primary N) is 1. The molecular weight excluding hydrogens is 575 g/mol. The van der Waals surface area contributed by atoms with Crippen LogP contribution >= 0.6 is 23.2 Å². The number of piperidine rings is 1. The van der Waals surface area contributed by atoms with E-state index in [0.29, 0.717) is 67.2 Å². The van der Waals surface area contributed by atoms with E-state index in [1.54, 1.807) is 18.2 Å². The first-order chi connectivity index (χ1) is 20.2. The Morgan fingerprint density at radius 3 is 2.50 bits per heavy atom. The van der Waals surface area contributed by atoms with Crippen molar-refractivity contribution >= 4 is 57.7 Å². The van der Waals surface area contributed by atoms with Gasteiger partial charge in [0.2, 0.25) is 5.91 Å². The molecule has 2 aliphatic rings. The van der Waals surface area contributed by atoms with E-state index in [1.165, 1.54) is 20.3 Å². The van der Waals surface area contributed by atoms with Crippen molar-refractivity contribution in [2.24, 2.45) is 15.9 Å². The van der Waals surface area contributed by atoms with Crippen molar-refractivity contribution in [1.82, 2.24) is 10.2 Å². The zero-order chi connectivity index (χ0) is 30.4. The molecule has 1 fully saturated rings. The number of amides is 1. The normalized spacial score (nSPS) is 17.0. The van der Waals surface area contributed by atoms with Crippen molar-refractivity contribution in [3.05, 3.63) is 76.3 Å². The molecule has 1 saturated heterocycles. The molecule has 9 nitrogen and oxygen atoms in total. The van der Waals surface area contributed by atoms with E-state index in [-0.39, 0.29) is 12.5 Å². The number of hydrogen-bond donors (Lipinski definition) is 3. The van der Waals surface area contributed by atoms with Gasteiger partial charge >= 0.3 is 0 Å². The van der Waals surface area contributed by atoms with Gasteiger partial charge < -0.3 is 30.7 Å². The number of carbonyl (C=O) groups is 1. The van der Waals surface area contributed by atoms with Crippen LogP contribution in [0, 0.1) is 5.92 Å². The highest BCUT2D eigenvalue weighted by Gasteiger charge is 2.26. The maximum absolute atomic E-state index is 11.8. The molecule has 4 rings (SSSR count). The molecule has 4 N–H and O–H groups in total. The number of methoxy groups -OCH3 is 2. The molecule has 0 aliphatic carbocycles. The predicted molar refractivity (Wildman–Crippen MR) is 173 cm³/mol. The van der Waals surface area contributed by atoms with Crippen LogP contribution in [0.2, 0.25) is 10.0 Å². The Labute approximate surface area is 256 Å². The van der Waals surface area contributed by atoms with Crippen LogP contribution in [-0.4, -0.2) is 63.3 Å². The minimum absolute atomic E-state index is 0.241. The number of ether oxygens (including phenoxy) is 2. The number of aliphatic imine (C=N–C) groups is 2. The van der Waals surface area contributed by atoms with Gasteiger partial charge in [0.25, 0.3) is 0 Å². The average Bonchev–Trinajstić information content (AvgIpc) is 2.98. The number of rotatable bonds is 9. The van der Waals surface area contributed by atoms with Crippen LogP contribution in [0.5, 0.6) is 11.5 Å². The highest BCUT2D eigenvalue weighted by atomic mass is 35.5. The van der Waals surface area contributed by atoms with Gasteiger partial charge in [0.05, 0.1) is 47.9 Å². The van der Waals surface area contributed by atoms with E-state index >= 15 is 0 Å². The number of nitrogens with zero attached hydrogens (tertiary/aromatic N) is 3.